The molecule has 0 saturated heterocycles. The van der Waals surface area contributed by atoms with Crippen molar-refractivity contribution in [3.05, 3.63) is 53.6 Å². The summed E-state index contributed by atoms with van der Waals surface area (Å²) in [5.41, 5.74) is 2.24. The number of carbonyl (C=O) groups is 1. The van der Waals surface area contributed by atoms with Gasteiger partial charge in [-0.05, 0) is 38.5 Å². The Bertz CT molecular complexity index is 705. The molecule has 0 unspecified atom stereocenters. The molecule has 0 atom stereocenters. The van der Waals surface area contributed by atoms with E-state index in [2.05, 4.69) is 5.32 Å². The number of carbonyl (C=O) groups excluding carboxylic acids is 1. The maximum absolute atomic E-state index is 12.6. The molecule has 1 aliphatic rings. The number of anilines is 1. The summed E-state index contributed by atoms with van der Waals surface area (Å²) in [6.07, 6.45) is 0. The lowest BCUT2D eigenvalue weighted by Crippen LogP contribution is -2.34. The van der Waals surface area contributed by atoms with Crippen molar-refractivity contribution in [1.29, 1.82) is 0 Å². The van der Waals surface area contributed by atoms with Crippen LogP contribution < -0.4 is 14.8 Å². The highest BCUT2D eigenvalue weighted by atomic mass is 16.7. The molecule has 0 aliphatic carbocycles. The van der Waals surface area contributed by atoms with Crippen molar-refractivity contribution in [2.75, 3.05) is 12.1 Å². The molecule has 0 spiro atoms. The fraction of sp³-hybridized carbons (Fsp3) is 0.278. The fourth-order valence-corrected chi connectivity index (χ4v) is 2.36. The minimum atomic E-state index is -0.621. The third-order valence-electron chi connectivity index (χ3n) is 3.97. The van der Waals surface area contributed by atoms with Gasteiger partial charge in [0.2, 0.25) is 12.7 Å². The number of nitrogens with one attached hydrogen (secondary N) is 1. The Hall–Kier alpha value is -2.49. The zero-order valence-corrected chi connectivity index (χ0v) is 13.0. The molecule has 114 valence electrons. The summed E-state index contributed by atoms with van der Waals surface area (Å²) in [5, 5.41) is 2.95. The number of hydrogen-bond donors (Lipinski definition) is 1. The molecule has 1 aliphatic heterocycles. The molecule has 0 radical (unpaired) electrons. The minimum Gasteiger partial charge on any atom is -0.454 e. The van der Waals surface area contributed by atoms with Crippen LogP contribution in [0.15, 0.2) is 42.5 Å². The summed E-state index contributed by atoms with van der Waals surface area (Å²) >= 11 is 0. The molecule has 0 aromatic heterocycles. The number of hydrogen-bond acceptors (Lipinski definition) is 3. The van der Waals surface area contributed by atoms with Crippen LogP contribution in [0, 0.1) is 6.92 Å². The maximum atomic E-state index is 12.6. The van der Waals surface area contributed by atoms with Crippen molar-refractivity contribution in [3.63, 3.8) is 0 Å². The first kappa shape index (κ1) is 14.4. The maximum Gasteiger partial charge on any atom is 0.234 e. The molecule has 4 heteroatoms. The van der Waals surface area contributed by atoms with Crippen LogP contribution in [0.5, 0.6) is 11.5 Å². The van der Waals surface area contributed by atoms with Crippen LogP contribution in [0.1, 0.15) is 25.0 Å². The van der Waals surface area contributed by atoms with E-state index in [1.807, 2.05) is 51.1 Å². The summed E-state index contributed by atoms with van der Waals surface area (Å²) in [7, 11) is 0. The number of fused-ring (bicyclic) bond motifs is 1. The molecule has 0 saturated carbocycles. The smallest absolute Gasteiger partial charge is 0.234 e. The van der Waals surface area contributed by atoms with Gasteiger partial charge in [-0.2, -0.15) is 0 Å². The molecular weight excluding hydrogens is 278 g/mol. The van der Waals surface area contributed by atoms with Gasteiger partial charge in [0.05, 0.1) is 5.41 Å². The second kappa shape index (κ2) is 5.37. The predicted octanol–water partition coefficient (Wildman–Crippen LogP) is 3.64. The molecular formula is C18H19NO3. The Morgan fingerprint density at radius 2 is 1.73 bits per heavy atom. The lowest BCUT2D eigenvalue weighted by atomic mass is 9.83. The molecule has 0 fully saturated rings. The Morgan fingerprint density at radius 1 is 1.05 bits per heavy atom. The van der Waals surface area contributed by atoms with Gasteiger partial charge >= 0.3 is 0 Å². The summed E-state index contributed by atoms with van der Waals surface area (Å²) in [4.78, 5) is 12.6. The van der Waals surface area contributed by atoms with Crippen LogP contribution in [-0.2, 0) is 10.2 Å². The highest BCUT2D eigenvalue weighted by molar-refractivity contribution is 5.98. The second-order valence-electron chi connectivity index (χ2n) is 6.01. The van der Waals surface area contributed by atoms with Gasteiger partial charge in [-0.25, -0.2) is 0 Å². The summed E-state index contributed by atoms with van der Waals surface area (Å²) < 4.78 is 10.6. The number of benzene rings is 2. The normalized spacial score (nSPS) is 13.0. The van der Waals surface area contributed by atoms with E-state index in [4.69, 9.17) is 9.47 Å². The van der Waals surface area contributed by atoms with Gasteiger partial charge in [0.15, 0.2) is 11.5 Å². The molecule has 1 amide bonds. The van der Waals surface area contributed by atoms with Crippen LogP contribution in [0.4, 0.5) is 5.69 Å². The quantitative estimate of drug-likeness (QED) is 0.941. The fourth-order valence-electron chi connectivity index (χ4n) is 2.36. The average molecular weight is 297 g/mol. The van der Waals surface area contributed by atoms with E-state index in [0.717, 1.165) is 5.56 Å². The van der Waals surface area contributed by atoms with Crippen molar-refractivity contribution < 1.29 is 14.3 Å². The topological polar surface area (TPSA) is 47.6 Å². The highest BCUT2D eigenvalue weighted by Crippen LogP contribution is 2.35. The van der Waals surface area contributed by atoms with E-state index in [1.54, 1.807) is 12.1 Å². The third kappa shape index (κ3) is 2.64. The third-order valence-corrected chi connectivity index (χ3v) is 3.97. The zero-order valence-electron chi connectivity index (χ0n) is 13.0. The summed E-state index contributed by atoms with van der Waals surface area (Å²) in [6, 6.07) is 13.4. The lowest BCUT2D eigenvalue weighted by Gasteiger charge is -2.24. The van der Waals surface area contributed by atoms with E-state index in [0.29, 0.717) is 17.2 Å². The van der Waals surface area contributed by atoms with E-state index in [9.17, 15) is 4.79 Å². The van der Waals surface area contributed by atoms with Gasteiger partial charge in [-0.3, -0.25) is 4.79 Å². The summed E-state index contributed by atoms with van der Waals surface area (Å²) in [6.45, 7) is 6.09. The van der Waals surface area contributed by atoms with Gasteiger partial charge in [-0.1, -0.05) is 29.8 Å². The van der Waals surface area contributed by atoms with E-state index < -0.39 is 5.41 Å². The molecule has 1 heterocycles. The first-order valence-electron chi connectivity index (χ1n) is 7.25. The van der Waals surface area contributed by atoms with Crippen molar-refractivity contribution in [2.45, 2.75) is 26.2 Å². The van der Waals surface area contributed by atoms with E-state index in [1.165, 1.54) is 5.56 Å². The Balaban J connectivity index is 1.79. The largest absolute Gasteiger partial charge is 0.454 e. The van der Waals surface area contributed by atoms with Crippen molar-refractivity contribution in [3.8, 4) is 11.5 Å². The number of ether oxygens (including phenoxy) is 2. The SMILES string of the molecule is Cc1ccc(C(C)(C)C(=O)Nc2ccc3c(c2)OCO3)cc1. The van der Waals surface area contributed by atoms with Gasteiger partial charge in [-0.15, -0.1) is 0 Å². The van der Waals surface area contributed by atoms with Gasteiger partial charge in [0.1, 0.15) is 0 Å². The Labute approximate surface area is 130 Å². The first-order chi connectivity index (χ1) is 10.5. The van der Waals surface area contributed by atoms with Crippen LogP contribution in [0.3, 0.4) is 0 Å². The predicted molar refractivity (Wildman–Crippen MR) is 85.4 cm³/mol. The zero-order chi connectivity index (χ0) is 15.7. The highest BCUT2D eigenvalue weighted by Gasteiger charge is 2.30. The van der Waals surface area contributed by atoms with Gasteiger partial charge in [0, 0.05) is 11.8 Å². The second-order valence-corrected chi connectivity index (χ2v) is 6.01. The number of aryl methyl sites for hydroxylation is 1. The van der Waals surface area contributed by atoms with Crippen LogP contribution in [0.25, 0.3) is 0 Å². The molecule has 1 N–H and O–H groups in total. The monoisotopic (exact) mass is 297 g/mol. The minimum absolute atomic E-state index is 0.0600. The Kier molecular flexibility index (Phi) is 3.53. The average Bonchev–Trinajstić information content (AvgIpc) is 2.95. The van der Waals surface area contributed by atoms with Crippen LogP contribution in [-0.4, -0.2) is 12.7 Å². The molecule has 2 aromatic rings. The summed E-state index contributed by atoms with van der Waals surface area (Å²) in [5.74, 6) is 1.30. The molecule has 0 bridgehead atoms. The standard InChI is InChI=1S/C18H19NO3/c1-12-4-6-13(7-5-12)18(2,3)17(20)19-14-8-9-15-16(10-14)22-11-21-15/h4-10H,11H2,1-3H3,(H,19,20). The number of amides is 1. The first-order valence-corrected chi connectivity index (χ1v) is 7.25. The molecule has 22 heavy (non-hydrogen) atoms. The van der Waals surface area contributed by atoms with Crippen molar-refractivity contribution in [1.82, 2.24) is 0 Å². The van der Waals surface area contributed by atoms with Gasteiger partial charge in [0.25, 0.3) is 0 Å². The van der Waals surface area contributed by atoms with Crippen molar-refractivity contribution >= 4 is 11.6 Å². The van der Waals surface area contributed by atoms with Crippen LogP contribution in [0.2, 0.25) is 0 Å². The Morgan fingerprint density at radius 3 is 2.45 bits per heavy atom. The van der Waals surface area contributed by atoms with Crippen LogP contribution >= 0.6 is 0 Å². The van der Waals surface area contributed by atoms with E-state index in [-0.39, 0.29) is 12.7 Å². The number of rotatable bonds is 3. The van der Waals surface area contributed by atoms with Crippen molar-refractivity contribution in [2.24, 2.45) is 0 Å². The molecule has 4 nitrogen and oxygen atoms in total. The molecule has 3 rings (SSSR count). The molecule has 2 aromatic carbocycles. The lowest BCUT2D eigenvalue weighted by molar-refractivity contribution is -0.120. The van der Waals surface area contributed by atoms with E-state index >= 15 is 0 Å². The van der Waals surface area contributed by atoms with Gasteiger partial charge < -0.3 is 14.8 Å².